The monoisotopic (exact) mass is 266 g/mol. The molecule has 0 saturated heterocycles. The van der Waals surface area contributed by atoms with Gasteiger partial charge in [-0.05, 0) is 18.9 Å². The fraction of sp³-hybridized carbons (Fsp3) is 0.571. The van der Waals surface area contributed by atoms with Gasteiger partial charge in [0.2, 0.25) is 0 Å². The molecule has 0 radical (unpaired) electrons. The second-order valence-corrected chi connectivity index (χ2v) is 4.48. The Kier molecular flexibility index (Phi) is 7.37. The topological polar surface area (TPSA) is 58.9 Å². The van der Waals surface area contributed by atoms with Gasteiger partial charge >= 0.3 is 7.12 Å². The van der Waals surface area contributed by atoms with Crippen molar-refractivity contribution in [2.24, 2.45) is 0 Å². The van der Waals surface area contributed by atoms with E-state index in [0.29, 0.717) is 30.2 Å². The molecule has 5 heteroatoms. The molecular formula is C14H23BO4. The number of ether oxygens (including phenoxy) is 2. The maximum absolute atomic E-state index is 9.30. The predicted octanol–water partition coefficient (Wildman–Crippen LogP) is 1.72. The van der Waals surface area contributed by atoms with Crippen LogP contribution in [0.4, 0.5) is 0 Å². The first-order valence-corrected chi connectivity index (χ1v) is 6.94. The molecule has 0 atom stereocenters. The Balaban J connectivity index is 2.72. The van der Waals surface area contributed by atoms with Gasteiger partial charge in [0.25, 0.3) is 0 Å². The molecule has 0 saturated carbocycles. The molecule has 1 aromatic carbocycles. The van der Waals surface area contributed by atoms with E-state index in [1.54, 1.807) is 18.2 Å². The molecule has 106 valence electrons. The Morgan fingerprint density at radius 2 is 1.63 bits per heavy atom. The average molecular weight is 266 g/mol. The molecule has 2 N–H and O–H groups in total. The summed E-state index contributed by atoms with van der Waals surface area (Å²) in [7, 11) is -1.53. The Morgan fingerprint density at radius 3 is 2.21 bits per heavy atom. The van der Waals surface area contributed by atoms with Gasteiger partial charge < -0.3 is 19.5 Å². The highest BCUT2D eigenvalue weighted by atomic mass is 16.5. The van der Waals surface area contributed by atoms with Gasteiger partial charge in [0.1, 0.15) is 11.5 Å². The fourth-order valence-electron chi connectivity index (χ4n) is 1.60. The van der Waals surface area contributed by atoms with Gasteiger partial charge in [-0.2, -0.15) is 0 Å². The lowest BCUT2D eigenvalue weighted by molar-refractivity contribution is 0.294. The SMILES string of the molecule is CCCCOc1ccc(B(O)O)c(OCCCC)c1. The molecule has 0 aliphatic heterocycles. The number of rotatable bonds is 9. The first-order chi connectivity index (χ1) is 9.19. The summed E-state index contributed by atoms with van der Waals surface area (Å²) in [5.41, 5.74) is 0.374. The second-order valence-electron chi connectivity index (χ2n) is 4.48. The minimum atomic E-state index is -1.53. The average Bonchev–Trinajstić information content (AvgIpc) is 2.39. The van der Waals surface area contributed by atoms with Crippen molar-refractivity contribution in [3.8, 4) is 11.5 Å². The van der Waals surface area contributed by atoms with Crippen molar-refractivity contribution in [1.29, 1.82) is 0 Å². The zero-order valence-electron chi connectivity index (χ0n) is 11.8. The van der Waals surface area contributed by atoms with E-state index in [2.05, 4.69) is 13.8 Å². The van der Waals surface area contributed by atoms with Crippen molar-refractivity contribution in [2.75, 3.05) is 13.2 Å². The minimum Gasteiger partial charge on any atom is -0.494 e. The summed E-state index contributed by atoms with van der Waals surface area (Å²) in [6, 6.07) is 5.09. The van der Waals surface area contributed by atoms with Gasteiger partial charge in [-0.25, -0.2) is 0 Å². The first kappa shape index (κ1) is 15.9. The lowest BCUT2D eigenvalue weighted by atomic mass is 9.79. The van der Waals surface area contributed by atoms with Crippen molar-refractivity contribution in [3.05, 3.63) is 18.2 Å². The maximum atomic E-state index is 9.30. The van der Waals surface area contributed by atoms with Crippen LogP contribution in [0.1, 0.15) is 39.5 Å². The lowest BCUT2D eigenvalue weighted by Crippen LogP contribution is -2.31. The molecule has 0 bridgehead atoms. The summed E-state index contributed by atoms with van der Waals surface area (Å²) in [5.74, 6) is 1.18. The summed E-state index contributed by atoms with van der Waals surface area (Å²) >= 11 is 0. The molecule has 4 nitrogen and oxygen atoms in total. The van der Waals surface area contributed by atoms with Crippen LogP contribution in [0.15, 0.2) is 18.2 Å². The molecule has 0 heterocycles. The van der Waals surface area contributed by atoms with E-state index in [9.17, 15) is 10.0 Å². The van der Waals surface area contributed by atoms with Crippen molar-refractivity contribution >= 4 is 12.6 Å². The van der Waals surface area contributed by atoms with Gasteiger partial charge in [0.05, 0.1) is 13.2 Å². The molecule has 0 aromatic heterocycles. The van der Waals surface area contributed by atoms with Crippen LogP contribution in [0.25, 0.3) is 0 Å². The van der Waals surface area contributed by atoms with Crippen LogP contribution >= 0.6 is 0 Å². The van der Waals surface area contributed by atoms with Crippen molar-refractivity contribution in [1.82, 2.24) is 0 Å². The molecule has 0 unspecified atom stereocenters. The Hall–Kier alpha value is -1.20. The van der Waals surface area contributed by atoms with E-state index < -0.39 is 7.12 Å². The maximum Gasteiger partial charge on any atom is 0.492 e. The number of hydrogen-bond acceptors (Lipinski definition) is 4. The van der Waals surface area contributed by atoms with Crippen molar-refractivity contribution in [3.63, 3.8) is 0 Å². The van der Waals surface area contributed by atoms with Gasteiger partial charge in [-0.1, -0.05) is 32.8 Å². The third-order valence-electron chi connectivity index (χ3n) is 2.79. The molecule has 0 amide bonds. The molecule has 0 spiro atoms. The number of benzene rings is 1. The van der Waals surface area contributed by atoms with Crippen LogP contribution < -0.4 is 14.9 Å². The lowest BCUT2D eigenvalue weighted by Gasteiger charge is -2.13. The van der Waals surface area contributed by atoms with Crippen molar-refractivity contribution < 1.29 is 19.5 Å². The first-order valence-electron chi connectivity index (χ1n) is 6.94. The Morgan fingerprint density at radius 1 is 1.00 bits per heavy atom. The highest BCUT2D eigenvalue weighted by molar-refractivity contribution is 6.59. The van der Waals surface area contributed by atoms with E-state index >= 15 is 0 Å². The quantitative estimate of drug-likeness (QED) is 0.528. The van der Waals surface area contributed by atoms with E-state index in [1.165, 1.54) is 0 Å². The normalized spacial score (nSPS) is 10.3. The van der Waals surface area contributed by atoms with E-state index in [4.69, 9.17) is 9.47 Å². The highest BCUT2D eigenvalue weighted by Crippen LogP contribution is 2.19. The molecule has 19 heavy (non-hydrogen) atoms. The molecule has 0 fully saturated rings. The fourth-order valence-corrected chi connectivity index (χ4v) is 1.60. The van der Waals surface area contributed by atoms with Crippen LogP contribution in [0.5, 0.6) is 11.5 Å². The van der Waals surface area contributed by atoms with E-state index in [1.807, 2.05) is 0 Å². The third kappa shape index (κ3) is 5.53. The molecule has 1 rings (SSSR count). The van der Waals surface area contributed by atoms with Crippen LogP contribution in [-0.2, 0) is 0 Å². The molecule has 0 aliphatic carbocycles. The zero-order valence-corrected chi connectivity index (χ0v) is 11.8. The van der Waals surface area contributed by atoms with Gasteiger partial charge in [0, 0.05) is 11.5 Å². The van der Waals surface area contributed by atoms with E-state index in [0.717, 1.165) is 25.7 Å². The van der Waals surface area contributed by atoms with Crippen LogP contribution in [0.2, 0.25) is 0 Å². The van der Waals surface area contributed by atoms with Crippen LogP contribution in [0, 0.1) is 0 Å². The van der Waals surface area contributed by atoms with Gasteiger partial charge in [-0.3, -0.25) is 0 Å². The molecular weight excluding hydrogens is 243 g/mol. The predicted molar refractivity (Wildman–Crippen MR) is 77.1 cm³/mol. The number of unbranched alkanes of at least 4 members (excludes halogenated alkanes) is 2. The summed E-state index contributed by atoms with van der Waals surface area (Å²) in [6.45, 7) is 5.41. The number of hydrogen-bond donors (Lipinski definition) is 2. The van der Waals surface area contributed by atoms with Crippen LogP contribution in [-0.4, -0.2) is 30.4 Å². The van der Waals surface area contributed by atoms with Crippen molar-refractivity contribution in [2.45, 2.75) is 39.5 Å². The smallest absolute Gasteiger partial charge is 0.492 e. The van der Waals surface area contributed by atoms with E-state index in [-0.39, 0.29) is 0 Å². The largest absolute Gasteiger partial charge is 0.494 e. The third-order valence-corrected chi connectivity index (χ3v) is 2.79. The Labute approximate surface area is 115 Å². The van der Waals surface area contributed by atoms with Crippen LogP contribution in [0.3, 0.4) is 0 Å². The summed E-state index contributed by atoms with van der Waals surface area (Å²) in [4.78, 5) is 0. The summed E-state index contributed by atoms with van der Waals surface area (Å²) < 4.78 is 11.2. The van der Waals surface area contributed by atoms with Gasteiger partial charge in [-0.15, -0.1) is 0 Å². The minimum absolute atomic E-state index is 0.374. The highest BCUT2D eigenvalue weighted by Gasteiger charge is 2.17. The van der Waals surface area contributed by atoms with Gasteiger partial charge in [0.15, 0.2) is 0 Å². The summed E-state index contributed by atoms with van der Waals surface area (Å²) in [6.07, 6.45) is 4.04. The zero-order chi connectivity index (χ0) is 14.1. The molecule has 0 aliphatic rings. The Bertz CT molecular complexity index is 368. The second kappa shape index (κ2) is 8.83. The summed E-state index contributed by atoms with van der Waals surface area (Å²) in [5, 5.41) is 18.6. The molecule has 1 aromatic rings. The standard InChI is InChI=1S/C14H23BO4/c1-3-5-9-18-12-7-8-13(15(16)17)14(11-12)19-10-6-4-2/h7-8,11,16-17H,3-6,9-10H2,1-2H3.